The van der Waals surface area contributed by atoms with E-state index in [1.165, 1.54) is 0 Å². The van der Waals surface area contributed by atoms with Gasteiger partial charge in [0, 0.05) is 0 Å². The van der Waals surface area contributed by atoms with E-state index in [2.05, 4.69) is 0 Å². The molecule has 0 aliphatic rings. The second-order valence-electron chi connectivity index (χ2n) is 3.81. The normalized spacial score (nSPS) is 10.7. The van der Waals surface area contributed by atoms with Gasteiger partial charge in [0.1, 0.15) is 0 Å². The molecule has 0 aromatic heterocycles. The molecule has 1 aromatic carbocycles. The van der Waals surface area contributed by atoms with Crippen LogP contribution in [0.4, 0.5) is 0 Å². The Hall–Kier alpha value is -1.35. The van der Waals surface area contributed by atoms with Gasteiger partial charge in [-0.05, 0) is 44.0 Å². The van der Waals surface area contributed by atoms with E-state index >= 15 is 0 Å². The highest BCUT2D eigenvalue weighted by molar-refractivity contribution is 5.87. The van der Waals surface area contributed by atoms with Crippen LogP contribution in [0.1, 0.15) is 35.3 Å². The summed E-state index contributed by atoms with van der Waals surface area (Å²) in [6.45, 7) is 6.37. The van der Waals surface area contributed by atoms with E-state index in [-0.39, 0.29) is 6.10 Å². The quantitative estimate of drug-likeness (QED) is 0.827. The minimum atomic E-state index is -0.894. The summed E-state index contributed by atoms with van der Waals surface area (Å²) >= 11 is 0. The Balaban J connectivity index is 2.79. The van der Waals surface area contributed by atoms with Crippen molar-refractivity contribution in [1.82, 2.24) is 0 Å². The zero-order valence-electron chi connectivity index (χ0n) is 9.28. The van der Waals surface area contributed by atoms with E-state index in [1.807, 2.05) is 20.8 Å². The molecule has 3 nitrogen and oxygen atoms in total. The molecule has 0 saturated heterocycles. The number of carbonyl (C=O) groups is 1. The third-order valence-electron chi connectivity index (χ3n) is 2.16. The second kappa shape index (κ2) is 4.94. The van der Waals surface area contributed by atoms with Crippen LogP contribution in [0.2, 0.25) is 0 Å². The van der Waals surface area contributed by atoms with Crippen molar-refractivity contribution >= 4 is 5.97 Å². The predicted molar refractivity (Wildman–Crippen MR) is 58.1 cm³/mol. The maximum atomic E-state index is 10.7. The summed E-state index contributed by atoms with van der Waals surface area (Å²) in [6, 6.07) is 5.08. The third kappa shape index (κ3) is 3.36. The van der Waals surface area contributed by atoms with Crippen LogP contribution in [-0.4, -0.2) is 17.2 Å². The molecule has 0 amide bonds. The molecule has 0 bridgehead atoms. The van der Waals surface area contributed by atoms with Crippen molar-refractivity contribution in [2.45, 2.75) is 33.5 Å². The summed E-state index contributed by atoms with van der Waals surface area (Å²) in [7, 11) is 0. The maximum absolute atomic E-state index is 10.7. The van der Waals surface area contributed by atoms with Gasteiger partial charge in [0.15, 0.2) is 0 Å². The highest BCUT2D eigenvalue weighted by atomic mass is 16.5. The molecule has 15 heavy (non-hydrogen) atoms. The molecule has 0 radical (unpaired) electrons. The van der Waals surface area contributed by atoms with Crippen LogP contribution in [0.25, 0.3) is 0 Å². The van der Waals surface area contributed by atoms with E-state index in [4.69, 9.17) is 9.84 Å². The molecule has 0 heterocycles. The molecule has 0 aliphatic carbocycles. The predicted octanol–water partition coefficient (Wildman–Crippen LogP) is 2.62. The number of aryl methyl sites for hydroxylation is 1. The molecule has 0 fully saturated rings. The van der Waals surface area contributed by atoms with Crippen molar-refractivity contribution in [3.8, 4) is 0 Å². The topological polar surface area (TPSA) is 46.5 Å². The number of carboxylic acids is 1. The van der Waals surface area contributed by atoms with Gasteiger partial charge >= 0.3 is 5.97 Å². The lowest BCUT2D eigenvalue weighted by Gasteiger charge is -2.10. The molecule has 1 aromatic rings. The Morgan fingerprint density at radius 3 is 2.60 bits per heavy atom. The molecule has 1 N–H and O–H groups in total. The largest absolute Gasteiger partial charge is 0.478 e. The lowest BCUT2D eigenvalue weighted by Crippen LogP contribution is -2.04. The summed E-state index contributed by atoms with van der Waals surface area (Å²) in [5.74, 6) is -0.894. The van der Waals surface area contributed by atoms with Crippen molar-refractivity contribution in [3.05, 3.63) is 34.9 Å². The van der Waals surface area contributed by atoms with Gasteiger partial charge in [-0.15, -0.1) is 0 Å². The minimum absolute atomic E-state index is 0.184. The number of hydrogen-bond donors (Lipinski definition) is 1. The van der Waals surface area contributed by atoms with Gasteiger partial charge in [-0.1, -0.05) is 6.07 Å². The summed E-state index contributed by atoms with van der Waals surface area (Å²) < 4.78 is 5.46. The summed E-state index contributed by atoms with van der Waals surface area (Å²) in [5, 5.41) is 8.79. The van der Waals surface area contributed by atoms with Crippen molar-refractivity contribution in [1.29, 1.82) is 0 Å². The Labute approximate surface area is 89.7 Å². The minimum Gasteiger partial charge on any atom is -0.478 e. The molecule has 82 valence electrons. The lowest BCUT2D eigenvalue weighted by molar-refractivity contribution is 0.0650. The molecule has 3 heteroatoms. The van der Waals surface area contributed by atoms with Crippen LogP contribution in [0.3, 0.4) is 0 Å². The standard InChI is InChI=1S/C12H16O3/c1-8(2)15-7-11-5-4-10(12(13)14)6-9(11)3/h4-6,8H,7H2,1-3H3,(H,13,14). The van der Waals surface area contributed by atoms with Gasteiger partial charge in [-0.3, -0.25) is 0 Å². The van der Waals surface area contributed by atoms with E-state index in [9.17, 15) is 4.79 Å². The van der Waals surface area contributed by atoms with Crippen LogP contribution in [-0.2, 0) is 11.3 Å². The Bertz CT molecular complexity index is 356. The monoisotopic (exact) mass is 208 g/mol. The zero-order valence-corrected chi connectivity index (χ0v) is 9.28. The molecule has 0 aliphatic heterocycles. The highest BCUT2D eigenvalue weighted by Crippen LogP contribution is 2.13. The van der Waals surface area contributed by atoms with Gasteiger partial charge < -0.3 is 9.84 Å². The average molecular weight is 208 g/mol. The number of benzene rings is 1. The molecular formula is C12H16O3. The van der Waals surface area contributed by atoms with Gasteiger partial charge in [0.2, 0.25) is 0 Å². The van der Waals surface area contributed by atoms with Crippen LogP contribution >= 0.6 is 0 Å². The molecule has 0 saturated carbocycles. The number of hydrogen-bond acceptors (Lipinski definition) is 2. The molecular weight excluding hydrogens is 192 g/mol. The molecule has 0 atom stereocenters. The summed E-state index contributed by atoms with van der Waals surface area (Å²) in [5.41, 5.74) is 2.31. The van der Waals surface area contributed by atoms with Crippen LogP contribution in [0, 0.1) is 6.92 Å². The van der Waals surface area contributed by atoms with Gasteiger partial charge in [-0.25, -0.2) is 4.79 Å². The molecule has 1 rings (SSSR count). The Morgan fingerprint density at radius 1 is 1.47 bits per heavy atom. The van der Waals surface area contributed by atoms with E-state index in [0.717, 1.165) is 11.1 Å². The fourth-order valence-corrected chi connectivity index (χ4v) is 1.25. The first-order valence-electron chi connectivity index (χ1n) is 4.95. The summed E-state index contributed by atoms with van der Waals surface area (Å²) in [4.78, 5) is 10.7. The zero-order chi connectivity index (χ0) is 11.4. The SMILES string of the molecule is Cc1cc(C(=O)O)ccc1COC(C)C. The second-order valence-corrected chi connectivity index (χ2v) is 3.81. The van der Waals surface area contributed by atoms with Gasteiger partial charge in [-0.2, -0.15) is 0 Å². The lowest BCUT2D eigenvalue weighted by atomic mass is 10.1. The first-order chi connectivity index (χ1) is 7.00. The Kier molecular flexibility index (Phi) is 3.86. The smallest absolute Gasteiger partial charge is 0.335 e. The van der Waals surface area contributed by atoms with Gasteiger partial charge in [0.05, 0.1) is 18.3 Å². The first-order valence-corrected chi connectivity index (χ1v) is 4.95. The van der Waals surface area contributed by atoms with Crippen molar-refractivity contribution in [2.24, 2.45) is 0 Å². The van der Waals surface area contributed by atoms with Crippen LogP contribution < -0.4 is 0 Å². The van der Waals surface area contributed by atoms with Crippen LogP contribution in [0.15, 0.2) is 18.2 Å². The van der Waals surface area contributed by atoms with Crippen molar-refractivity contribution in [3.63, 3.8) is 0 Å². The number of aromatic carboxylic acids is 1. The van der Waals surface area contributed by atoms with E-state index in [0.29, 0.717) is 12.2 Å². The number of ether oxygens (including phenoxy) is 1. The highest BCUT2D eigenvalue weighted by Gasteiger charge is 2.06. The fraction of sp³-hybridized carbons (Fsp3) is 0.417. The fourth-order valence-electron chi connectivity index (χ4n) is 1.25. The van der Waals surface area contributed by atoms with Crippen molar-refractivity contribution in [2.75, 3.05) is 0 Å². The van der Waals surface area contributed by atoms with Gasteiger partial charge in [0.25, 0.3) is 0 Å². The third-order valence-corrected chi connectivity index (χ3v) is 2.16. The number of carboxylic acid groups (broad SMARTS) is 1. The van der Waals surface area contributed by atoms with Crippen LogP contribution in [0.5, 0.6) is 0 Å². The van der Waals surface area contributed by atoms with Crippen molar-refractivity contribution < 1.29 is 14.6 Å². The number of rotatable bonds is 4. The van der Waals surface area contributed by atoms with E-state index in [1.54, 1.807) is 18.2 Å². The molecule has 0 spiro atoms. The summed E-state index contributed by atoms with van der Waals surface area (Å²) in [6.07, 6.45) is 0.184. The first kappa shape index (κ1) is 11.7. The van der Waals surface area contributed by atoms with E-state index < -0.39 is 5.97 Å². The Morgan fingerprint density at radius 2 is 2.13 bits per heavy atom. The molecule has 0 unspecified atom stereocenters. The maximum Gasteiger partial charge on any atom is 0.335 e. The average Bonchev–Trinajstić information content (AvgIpc) is 2.15.